The molecule has 1 aliphatic carbocycles. The second kappa shape index (κ2) is 7.59. The molecule has 0 aliphatic heterocycles. The Balaban J connectivity index is 2.55. The molecule has 2 rings (SSSR count). The third-order valence-electron chi connectivity index (χ3n) is 4.66. The van der Waals surface area contributed by atoms with Crippen molar-refractivity contribution in [2.24, 2.45) is 0 Å². The van der Waals surface area contributed by atoms with Crippen LogP contribution in [-0.2, 0) is 14.9 Å². The summed E-state index contributed by atoms with van der Waals surface area (Å²) in [4.78, 5) is 15.3. The monoisotopic (exact) mass is 301 g/mol. The zero-order chi connectivity index (χ0) is 16.0. The van der Waals surface area contributed by atoms with Crippen molar-refractivity contribution in [3.8, 4) is 0 Å². The van der Waals surface area contributed by atoms with Gasteiger partial charge in [0.1, 0.15) is 5.41 Å². The molecule has 0 heterocycles. The largest absolute Gasteiger partial charge is 0.465 e. The summed E-state index contributed by atoms with van der Waals surface area (Å²) in [5, 5.41) is 0. The Kier molecular flexibility index (Phi) is 5.78. The van der Waals surface area contributed by atoms with Crippen LogP contribution in [0, 0.1) is 0 Å². The van der Waals surface area contributed by atoms with Gasteiger partial charge in [0.05, 0.1) is 6.61 Å². The Labute approximate surface area is 134 Å². The van der Waals surface area contributed by atoms with E-state index < -0.39 is 5.41 Å². The van der Waals surface area contributed by atoms with Crippen LogP contribution in [0.25, 0.3) is 0 Å². The number of nitrogens with zero attached hydrogens (tertiary/aromatic N) is 1. The van der Waals surface area contributed by atoms with Gasteiger partial charge >= 0.3 is 5.97 Å². The fourth-order valence-corrected chi connectivity index (χ4v) is 3.55. The maximum Gasteiger partial charge on any atom is 0.318 e. The number of ether oxygens (including phenoxy) is 1. The van der Waals surface area contributed by atoms with Crippen LogP contribution in [0.2, 0.25) is 0 Å². The van der Waals surface area contributed by atoms with Gasteiger partial charge in [0, 0.05) is 6.04 Å². The molecule has 1 aromatic rings. The highest BCUT2D eigenvalue weighted by atomic mass is 16.5. The van der Waals surface area contributed by atoms with E-state index >= 15 is 0 Å². The topological polar surface area (TPSA) is 29.5 Å². The fourth-order valence-electron chi connectivity index (χ4n) is 3.55. The maximum absolute atomic E-state index is 13.0. The van der Waals surface area contributed by atoms with Crippen molar-refractivity contribution in [1.29, 1.82) is 0 Å². The average Bonchev–Trinajstić information content (AvgIpc) is 2.57. The summed E-state index contributed by atoms with van der Waals surface area (Å²) in [6, 6.07) is 10.2. The molecule has 0 radical (unpaired) electrons. The Hall–Kier alpha value is -1.61. The second-order valence-corrected chi connectivity index (χ2v) is 5.69. The first kappa shape index (κ1) is 16.8. The normalized spacial score (nSPS) is 24.5. The third kappa shape index (κ3) is 2.95. The highest BCUT2D eigenvalue weighted by Gasteiger charge is 2.49. The zero-order valence-electron chi connectivity index (χ0n) is 13.9. The van der Waals surface area contributed by atoms with Gasteiger partial charge in [-0.05, 0) is 38.4 Å². The van der Waals surface area contributed by atoms with Crippen molar-refractivity contribution in [1.82, 2.24) is 4.90 Å². The molecule has 0 unspecified atom stereocenters. The van der Waals surface area contributed by atoms with Gasteiger partial charge in [-0.1, -0.05) is 56.3 Å². The molecule has 2 atom stereocenters. The predicted octanol–water partition coefficient (Wildman–Crippen LogP) is 3.55. The molecule has 0 fully saturated rings. The van der Waals surface area contributed by atoms with E-state index in [1.807, 2.05) is 25.1 Å². The third-order valence-corrected chi connectivity index (χ3v) is 4.66. The van der Waals surface area contributed by atoms with E-state index in [0.717, 1.165) is 31.5 Å². The minimum absolute atomic E-state index is 0.0534. The lowest BCUT2D eigenvalue weighted by Crippen LogP contribution is -2.56. The second-order valence-electron chi connectivity index (χ2n) is 5.69. The van der Waals surface area contributed by atoms with Crippen LogP contribution in [0.15, 0.2) is 42.5 Å². The number of allylic oxidation sites excluding steroid dienone is 1. The Morgan fingerprint density at radius 3 is 2.50 bits per heavy atom. The Bertz CT molecular complexity index is 507. The first-order valence-electron chi connectivity index (χ1n) is 8.34. The first-order valence-corrected chi connectivity index (χ1v) is 8.34. The number of carbonyl (C=O) groups is 1. The SMILES string of the molecule is CCOC(=O)[C@]1(c2ccccc2)CCC=C[C@@H]1N(CC)CC. The van der Waals surface area contributed by atoms with Crippen molar-refractivity contribution in [3.05, 3.63) is 48.0 Å². The molecule has 0 amide bonds. The molecule has 3 nitrogen and oxygen atoms in total. The number of likely N-dealkylation sites (N-methyl/N-ethyl adjacent to an activating group) is 1. The quantitative estimate of drug-likeness (QED) is 0.594. The maximum atomic E-state index is 13.0. The number of esters is 1. The minimum atomic E-state index is -0.599. The molecular weight excluding hydrogens is 274 g/mol. The minimum Gasteiger partial charge on any atom is -0.465 e. The van der Waals surface area contributed by atoms with Crippen LogP contribution in [0.4, 0.5) is 0 Å². The molecule has 0 bridgehead atoms. The summed E-state index contributed by atoms with van der Waals surface area (Å²) < 4.78 is 5.51. The summed E-state index contributed by atoms with van der Waals surface area (Å²) in [6.07, 6.45) is 6.10. The number of hydrogen-bond acceptors (Lipinski definition) is 3. The lowest BCUT2D eigenvalue weighted by atomic mass is 9.67. The average molecular weight is 301 g/mol. The molecule has 22 heavy (non-hydrogen) atoms. The number of hydrogen-bond donors (Lipinski definition) is 0. The van der Waals surface area contributed by atoms with E-state index in [-0.39, 0.29) is 12.0 Å². The smallest absolute Gasteiger partial charge is 0.318 e. The zero-order valence-corrected chi connectivity index (χ0v) is 13.9. The van der Waals surface area contributed by atoms with Crippen LogP contribution in [0.5, 0.6) is 0 Å². The molecular formula is C19H27NO2. The molecule has 1 aliphatic rings. The van der Waals surface area contributed by atoms with Gasteiger partial charge in [-0.15, -0.1) is 0 Å². The van der Waals surface area contributed by atoms with E-state index in [1.165, 1.54) is 0 Å². The lowest BCUT2D eigenvalue weighted by Gasteiger charge is -2.44. The van der Waals surface area contributed by atoms with Crippen LogP contribution >= 0.6 is 0 Å². The van der Waals surface area contributed by atoms with Crippen molar-refractivity contribution in [3.63, 3.8) is 0 Å². The Morgan fingerprint density at radius 2 is 1.91 bits per heavy atom. The summed E-state index contributed by atoms with van der Waals surface area (Å²) in [5.74, 6) is -0.0950. The van der Waals surface area contributed by atoms with Gasteiger partial charge in [-0.3, -0.25) is 9.69 Å². The lowest BCUT2D eigenvalue weighted by molar-refractivity contribution is -0.153. The van der Waals surface area contributed by atoms with Gasteiger partial charge in [-0.2, -0.15) is 0 Å². The number of carbonyl (C=O) groups excluding carboxylic acids is 1. The van der Waals surface area contributed by atoms with Crippen molar-refractivity contribution < 1.29 is 9.53 Å². The summed E-state index contributed by atoms with van der Waals surface area (Å²) in [5.41, 5.74) is 0.465. The fraction of sp³-hybridized carbons (Fsp3) is 0.526. The molecule has 0 saturated carbocycles. The first-order chi connectivity index (χ1) is 10.7. The highest BCUT2D eigenvalue weighted by molar-refractivity contribution is 5.85. The predicted molar refractivity (Wildman–Crippen MR) is 89.8 cm³/mol. The molecule has 0 spiro atoms. The Morgan fingerprint density at radius 1 is 1.23 bits per heavy atom. The van der Waals surface area contributed by atoms with E-state index in [4.69, 9.17) is 4.74 Å². The van der Waals surface area contributed by atoms with E-state index in [0.29, 0.717) is 6.61 Å². The highest BCUT2D eigenvalue weighted by Crippen LogP contribution is 2.40. The van der Waals surface area contributed by atoms with Crippen LogP contribution < -0.4 is 0 Å². The standard InChI is InChI=1S/C19H27NO2/c1-4-20(5-2)17-14-10-11-15-19(17,18(21)22-6-3)16-12-8-7-9-13-16/h7-10,12-14,17H,4-6,11,15H2,1-3H3/t17-,19-/m0/s1. The van der Waals surface area contributed by atoms with Gasteiger partial charge in [-0.25, -0.2) is 0 Å². The molecule has 120 valence electrons. The van der Waals surface area contributed by atoms with E-state index in [1.54, 1.807) is 0 Å². The van der Waals surface area contributed by atoms with Crippen LogP contribution in [0.3, 0.4) is 0 Å². The van der Waals surface area contributed by atoms with E-state index in [9.17, 15) is 4.79 Å². The molecule has 3 heteroatoms. The van der Waals surface area contributed by atoms with Crippen LogP contribution in [0.1, 0.15) is 39.2 Å². The summed E-state index contributed by atoms with van der Waals surface area (Å²) in [7, 11) is 0. The van der Waals surface area contributed by atoms with Crippen molar-refractivity contribution >= 4 is 5.97 Å². The molecule has 0 aromatic heterocycles. The molecule has 1 aromatic carbocycles. The molecule has 0 saturated heterocycles. The summed E-state index contributed by atoms with van der Waals surface area (Å²) >= 11 is 0. The van der Waals surface area contributed by atoms with Gasteiger partial charge in [0.25, 0.3) is 0 Å². The number of benzene rings is 1. The number of rotatable bonds is 6. The van der Waals surface area contributed by atoms with E-state index in [2.05, 4.69) is 43.0 Å². The van der Waals surface area contributed by atoms with Gasteiger partial charge < -0.3 is 4.74 Å². The van der Waals surface area contributed by atoms with Gasteiger partial charge in [0.2, 0.25) is 0 Å². The van der Waals surface area contributed by atoms with Gasteiger partial charge in [0.15, 0.2) is 0 Å². The summed E-state index contributed by atoms with van der Waals surface area (Å²) in [6.45, 7) is 8.42. The van der Waals surface area contributed by atoms with Crippen molar-refractivity contribution in [2.45, 2.75) is 45.1 Å². The van der Waals surface area contributed by atoms with Crippen molar-refractivity contribution in [2.75, 3.05) is 19.7 Å². The van der Waals surface area contributed by atoms with Crippen LogP contribution in [-0.4, -0.2) is 36.6 Å². The molecule has 0 N–H and O–H groups in total.